The van der Waals surface area contributed by atoms with Crippen LogP contribution in [-0.4, -0.2) is 45.1 Å². The summed E-state index contributed by atoms with van der Waals surface area (Å²) in [5.74, 6) is -1.66. The van der Waals surface area contributed by atoms with Crippen LogP contribution in [0.25, 0.3) is 17.1 Å². The lowest BCUT2D eigenvalue weighted by molar-refractivity contribution is -0.141. The number of fused-ring (bicyclic) bond motifs is 3. The highest BCUT2D eigenvalue weighted by molar-refractivity contribution is 6.76. The van der Waals surface area contributed by atoms with Gasteiger partial charge in [-0.15, -0.1) is 0 Å². The van der Waals surface area contributed by atoms with Gasteiger partial charge in [0, 0.05) is 26.4 Å². The summed E-state index contributed by atoms with van der Waals surface area (Å²) in [6.07, 6.45) is -2.12. The zero-order valence-corrected chi connectivity index (χ0v) is 23.1. The summed E-state index contributed by atoms with van der Waals surface area (Å²) in [5.41, 5.74) is 0.554. The number of aromatic nitrogens is 5. The number of amidine groups is 1. The van der Waals surface area contributed by atoms with Gasteiger partial charge >= 0.3 is 6.18 Å². The number of aryl methyl sites for hydroxylation is 1. The number of aliphatic imine (C=N–C) groups is 1. The van der Waals surface area contributed by atoms with Gasteiger partial charge in [0.05, 0.1) is 28.8 Å². The number of nitrogens with one attached hydrogen (secondary N) is 1. The predicted molar refractivity (Wildman–Crippen MR) is 143 cm³/mol. The van der Waals surface area contributed by atoms with Gasteiger partial charge in [-0.1, -0.05) is 25.7 Å². The minimum absolute atomic E-state index is 0.0661. The van der Waals surface area contributed by atoms with E-state index in [0.29, 0.717) is 34.9 Å². The van der Waals surface area contributed by atoms with Crippen molar-refractivity contribution in [1.82, 2.24) is 24.5 Å². The molecule has 40 heavy (non-hydrogen) atoms. The minimum atomic E-state index is -4.62. The average molecular weight is 576 g/mol. The molecule has 210 valence electrons. The van der Waals surface area contributed by atoms with Crippen LogP contribution in [0.5, 0.6) is 0 Å². The van der Waals surface area contributed by atoms with Crippen molar-refractivity contribution in [3.05, 3.63) is 71.3 Å². The summed E-state index contributed by atoms with van der Waals surface area (Å²) in [5, 5.41) is 11.1. The molecule has 8 nitrogen and oxygen atoms in total. The monoisotopic (exact) mass is 575 g/mol. The number of ether oxygens (including phenoxy) is 1. The van der Waals surface area contributed by atoms with Gasteiger partial charge in [0.1, 0.15) is 29.9 Å². The number of benzene rings is 1. The molecular formula is C26H26F5N7OSi. The number of pyridine rings is 1. The Bertz CT molecular complexity index is 1580. The minimum Gasteiger partial charge on any atom is -0.360 e. The SMILES string of the molecule is Cc1nn(COCC[Si](C)(C)C)c2c1N=C(c1c(F)cccc1F)Nc1cnc(-n3ccc(C(F)(F)F)n3)cc1-2. The standard InChI is InChI=1S/C26H26F5N7OSi/c1-15-23-24(38(35-15)14-39-10-11-40(2,3)4)16-12-21(37-9-8-20(36-37)26(29,30)31)32-13-19(16)33-25(34-23)22-17(27)6-5-7-18(22)28/h5-9,12-13H,10-11,14H2,1-4H3,(H,33,34). The van der Waals surface area contributed by atoms with Gasteiger partial charge in [-0.3, -0.25) is 0 Å². The molecule has 0 unspecified atom stereocenters. The molecule has 14 heteroatoms. The third-order valence-electron chi connectivity index (χ3n) is 6.24. The van der Waals surface area contributed by atoms with E-state index >= 15 is 0 Å². The number of hydrogen-bond acceptors (Lipinski definition) is 6. The van der Waals surface area contributed by atoms with Gasteiger partial charge < -0.3 is 10.1 Å². The summed E-state index contributed by atoms with van der Waals surface area (Å²) in [4.78, 5) is 8.82. The average Bonchev–Trinajstić information content (AvgIpc) is 3.43. The Labute approximate surface area is 227 Å². The number of anilines is 1. The Morgan fingerprint density at radius 3 is 2.42 bits per heavy atom. The summed E-state index contributed by atoms with van der Waals surface area (Å²) in [7, 11) is -1.35. The molecular weight excluding hydrogens is 549 g/mol. The molecule has 1 aliphatic heterocycles. The lowest BCUT2D eigenvalue weighted by Crippen LogP contribution is -2.22. The van der Waals surface area contributed by atoms with E-state index < -0.39 is 31.6 Å². The zero-order chi connectivity index (χ0) is 28.8. The number of rotatable bonds is 7. The van der Waals surface area contributed by atoms with Crippen molar-refractivity contribution < 1.29 is 26.7 Å². The van der Waals surface area contributed by atoms with Crippen molar-refractivity contribution in [2.45, 2.75) is 45.5 Å². The molecule has 0 radical (unpaired) electrons. The highest BCUT2D eigenvalue weighted by Crippen LogP contribution is 2.41. The first-order valence-electron chi connectivity index (χ1n) is 12.4. The van der Waals surface area contributed by atoms with Crippen LogP contribution in [0, 0.1) is 18.6 Å². The van der Waals surface area contributed by atoms with Crippen molar-refractivity contribution in [3.63, 3.8) is 0 Å². The molecule has 0 saturated heterocycles. The van der Waals surface area contributed by atoms with Crippen molar-refractivity contribution in [2.75, 3.05) is 11.9 Å². The predicted octanol–water partition coefficient (Wildman–Crippen LogP) is 6.55. The maximum atomic E-state index is 14.8. The quantitative estimate of drug-likeness (QED) is 0.154. The van der Waals surface area contributed by atoms with Crippen LogP contribution in [-0.2, 0) is 17.6 Å². The molecule has 0 spiro atoms. The molecule has 1 aliphatic rings. The second kappa shape index (κ2) is 10.2. The molecule has 0 bridgehead atoms. The van der Waals surface area contributed by atoms with Crippen LogP contribution in [0.3, 0.4) is 0 Å². The molecule has 0 atom stereocenters. The topological polar surface area (TPSA) is 82.1 Å². The fourth-order valence-corrected chi connectivity index (χ4v) is 4.93. The molecule has 1 aromatic carbocycles. The Morgan fingerprint density at radius 2 is 1.77 bits per heavy atom. The van der Waals surface area contributed by atoms with E-state index in [2.05, 4.69) is 45.1 Å². The number of halogens is 5. The fraction of sp³-hybridized carbons (Fsp3) is 0.308. The summed E-state index contributed by atoms with van der Waals surface area (Å²) in [6, 6.07) is 6.78. The maximum absolute atomic E-state index is 14.8. The van der Waals surface area contributed by atoms with Crippen LogP contribution in [0.1, 0.15) is 17.0 Å². The van der Waals surface area contributed by atoms with E-state index in [1.54, 1.807) is 11.6 Å². The number of hydrogen-bond donors (Lipinski definition) is 1. The normalized spacial score (nSPS) is 13.4. The Morgan fingerprint density at radius 1 is 1.05 bits per heavy atom. The number of alkyl halides is 3. The first-order valence-corrected chi connectivity index (χ1v) is 16.1. The molecule has 0 aliphatic carbocycles. The van der Waals surface area contributed by atoms with Crippen molar-refractivity contribution in [3.8, 4) is 17.1 Å². The molecule has 0 saturated carbocycles. The van der Waals surface area contributed by atoms with Gasteiger partial charge in [0.2, 0.25) is 0 Å². The summed E-state index contributed by atoms with van der Waals surface area (Å²) >= 11 is 0. The van der Waals surface area contributed by atoms with E-state index in [1.165, 1.54) is 18.3 Å². The van der Waals surface area contributed by atoms with Gasteiger partial charge in [-0.05, 0) is 37.2 Å². The van der Waals surface area contributed by atoms with E-state index in [-0.39, 0.29) is 23.9 Å². The lowest BCUT2D eigenvalue weighted by atomic mass is 10.1. The van der Waals surface area contributed by atoms with Crippen LogP contribution >= 0.6 is 0 Å². The highest BCUT2D eigenvalue weighted by Gasteiger charge is 2.34. The van der Waals surface area contributed by atoms with E-state index in [9.17, 15) is 22.0 Å². The van der Waals surface area contributed by atoms with Crippen LogP contribution in [0.4, 0.5) is 33.3 Å². The van der Waals surface area contributed by atoms with E-state index in [4.69, 9.17) is 4.74 Å². The molecule has 0 amide bonds. The third kappa shape index (κ3) is 5.54. The maximum Gasteiger partial charge on any atom is 0.435 e. The Kier molecular flexibility index (Phi) is 7.08. The molecule has 4 heterocycles. The Balaban J connectivity index is 1.63. The first-order chi connectivity index (χ1) is 18.8. The first kappa shape index (κ1) is 27.6. The fourth-order valence-electron chi connectivity index (χ4n) is 4.17. The third-order valence-corrected chi connectivity index (χ3v) is 7.95. The molecule has 1 N–H and O–H groups in total. The van der Waals surface area contributed by atoms with E-state index in [0.717, 1.165) is 35.1 Å². The largest absolute Gasteiger partial charge is 0.435 e. The molecule has 5 rings (SSSR count). The van der Waals surface area contributed by atoms with Gasteiger partial charge in [-0.25, -0.2) is 28.1 Å². The lowest BCUT2D eigenvalue weighted by Gasteiger charge is -2.16. The molecule has 0 fully saturated rings. The summed E-state index contributed by atoms with van der Waals surface area (Å²) in [6.45, 7) is 8.97. The highest BCUT2D eigenvalue weighted by atomic mass is 28.3. The van der Waals surface area contributed by atoms with Gasteiger partial charge in [-0.2, -0.15) is 23.4 Å². The van der Waals surface area contributed by atoms with Crippen molar-refractivity contribution in [1.29, 1.82) is 0 Å². The van der Waals surface area contributed by atoms with Gasteiger partial charge in [0.25, 0.3) is 0 Å². The second-order valence-corrected chi connectivity index (χ2v) is 16.2. The smallest absolute Gasteiger partial charge is 0.360 e. The van der Waals surface area contributed by atoms with Crippen LogP contribution in [0.2, 0.25) is 25.7 Å². The van der Waals surface area contributed by atoms with Crippen molar-refractivity contribution in [2.24, 2.45) is 4.99 Å². The van der Waals surface area contributed by atoms with Gasteiger partial charge in [0.15, 0.2) is 11.5 Å². The second-order valence-electron chi connectivity index (χ2n) is 10.5. The summed E-state index contributed by atoms with van der Waals surface area (Å²) < 4.78 is 77.6. The molecule has 3 aromatic heterocycles. The van der Waals surface area contributed by atoms with Crippen LogP contribution < -0.4 is 5.32 Å². The van der Waals surface area contributed by atoms with E-state index in [1.807, 2.05) is 0 Å². The molecule has 4 aromatic rings. The van der Waals surface area contributed by atoms with Crippen LogP contribution in [0.15, 0.2) is 47.7 Å². The van der Waals surface area contributed by atoms with Crippen molar-refractivity contribution >= 4 is 25.3 Å². The zero-order valence-electron chi connectivity index (χ0n) is 22.1. The number of nitrogens with zero attached hydrogens (tertiary/aromatic N) is 6. The Hall–Kier alpha value is -3.91.